The molecule has 0 aromatic heterocycles. The third kappa shape index (κ3) is 4.34. The number of nitrogens with two attached hydrogens (primary N) is 1. The van der Waals surface area contributed by atoms with Gasteiger partial charge in [0.1, 0.15) is 0 Å². The minimum Gasteiger partial charge on any atom is -0.337 e. The predicted octanol–water partition coefficient (Wildman–Crippen LogP) is 3.45. The van der Waals surface area contributed by atoms with Crippen LogP contribution in [0.1, 0.15) is 28.8 Å². The van der Waals surface area contributed by atoms with Crippen molar-refractivity contribution in [3.63, 3.8) is 0 Å². The average Bonchev–Trinajstić information content (AvgIpc) is 2.37. The number of benzene rings is 1. The molecule has 1 aromatic carbocycles. The van der Waals surface area contributed by atoms with Crippen LogP contribution in [0.2, 0.25) is 0 Å². The van der Waals surface area contributed by atoms with Crippen molar-refractivity contribution in [1.82, 2.24) is 4.90 Å². The Labute approximate surface area is 135 Å². The van der Waals surface area contributed by atoms with Crippen LogP contribution in [0, 0.1) is 0 Å². The smallest absolute Gasteiger partial charge is 0.337 e. The third-order valence-corrected chi connectivity index (χ3v) is 3.76. The van der Waals surface area contributed by atoms with Crippen LogP contribution < -0.4 is 5.73 Å². The summed E-state index contributed by atoms with van der Waals surface area (Å²) < 4.78 is 39.3. The van der Waals surface area contributed by atoms with Crippen molar-refractivity contribution in [2.45, 2.75) is 25.1 Å². The molecule has 8 heteroatoms. The van der Waals surface area contributed by atoms with Crippen molar-refractivity contribution in [3.05, 3.63) is 33.8 Å². The number of alkyl halides is 3. The fourth-order valence-electron chi connectivity index (χ4n) is 2.30. The molecule has 0 bridgehead atoms. The first kappa shape index (κ1) is 18.3. The van der Waals surface area contributed by atoms with Gasteiger partial charge in [-0.25, -0.2) is 0 Å². The number of hydrogen-bond acceptors (Lipinski definition) is 2. The number of nitrogens with zero attached hydrogens (tertiary/aromatic N) is 1. The summed E-state index contributed by atoms with van der Waals surface area (Å²) in [4.78, 5) is 13.7. The maximum Gasteiger partial charge on any atom is 0.417 e. The second-order valence-electron chi connectivity index (χ2n) is 4.84. The molecule has 1 aliphatic heterocycles. The molecule has 0 saturated carbocycles. The van der Waals surface area contributed by atoms with E-state index in [0.717, 1.165) is 12.5 Å². The molecule has 3 nitrogen and oxygen atoms in total. The van der Waals surface area contributed by atoms with Gasteiger partial charge in [-0.15, -0.1) is 12.4 Å². The summed E-state index contributed by atoms with van der Waals surface area (Å²) in [6.45, 7) is 0.742. The number of rotatable bonds is 1. The number of carbonyl (C=O) groups excluding carboxylic acids is 1. The summed E-state index contributed by atoms with van der Waals surface area (Å²) in [6, 6.07) is 3.40. The molecule has 1 atom stereocenters. The molecule has 0 spiro atoms. The van der Waals surface area contributed by atoms with Gasteiger partial charge in [0, 0.05) is 23.6 Å². The highest BCUT2D eigenvalue weighted by molar-refractivity contribution is 9.10. The van der Waals surface area contributed by atoms with Crippen LogP contribution in [0.5, 0.6) is 0 Å². The van der Waals surface area contributed by atoms with E-state index < -0.39 is 17.6 Å². The lowest BCUT2D eigenvalue weighted by atomic mass is 10.0. The van der Waals surface area contributed by atoms with Gasteiger partial charge in [0.25, 0.3) is 5.91 Å². The Morgan fingerprint density at radius 3 is 2.62 bits per heavy atom. The Bertz CT molecular complexity index is 525. The Hall–Kier alpha value is -0.790. The quantitative estimate of drug-likeness (QED) is 0.802. The van der Waals surface area contributed by atoms with E-state index in [4.69, 9.17) is 5.73 Å². The van der Waals surface area contributed by atoms with E-state index in [9.17, 15) is 18.0 Å². The van der Waals surface area contributed by atoms with Gasteiger partial charge < -0.3 is 10.6 Å². The summed E-state index contributed by atoms with van der Waals surface area (Å²) in [5, 5.41) is 0. The summed E-state index contributed by atoms with van der Waals surface area (Å²) >= 11 is 3.00. The number of amides is 1. The molecule has 2 rings (SSSR count). The highest BCUT2D eigenvalue weighted by Crippen LogP contribution is 2.34. The van der Waals surface area contributed by atoms with Crippen molar-refractivity contribution in [3.8, 4) is 0 Å². The lowest BCUT2D eigenvalue weighted by molar-refractivity contribution is -0.138. The van der Waals surface area contributed by atoms with E-state index in [0.29, 0.717) is 19.5 Å². The first-order valence-electron chi connectivity index (χ1n) is 6.20. The molecule has 1 saturated heterocycles. The van der Waals surface area contributed by atoms with Gasteiger partial charge in [-0.1, -0.05) is 15.9 Å². The van der Waals surface area contributed by atoms with Crippen LogP contribution in [0.25, 0.3) is 0 Å². The van der Waals surface area contributed by atoms with Gasteiger partial charge in [0.05, 0.1) is 11.1 Å². The van der Waals surface area contributed by atoms with Crippen LogP contribution >= 0.6 is 28.3 Å². The van der Waals surface area contributed by atoms with E-state index in [1.807, 2.05) is 0 Å². The fraction of sp³-hybridized carbons (Fsp3) is 0.462. The molecule has 1 amide bonds. The number of halogens is 5. The Balaban J connectivity index is 0.00000220. The molecule has 1 aromatic rings. The van der Waals surface area contributed by atoms with Crippen molar-refractivity contribution in [1.29, 1.82) is 0 Å². The van der Waals surface area contributed by atoms with Crippen molar-refractivity contribution in [2.24, 2.45) is 5.73 Å². The van der Waals surface area contributed by atoms with Gasteiger partial charge in [-0.2, -0.15) is 13.2 Å². The summed E-state index contributed by atoms with van der Waals surface area (Å²) in [7, 11) is 0. The van der Waals surface area contributed by atoms with E-state index >= 15 is 0 Å². The summed E-state index contributed by atoms with van der Waals surface area (Å²) in [6.07, 6.45) is -3.06. The van der Waals surface area contributed by atoms with Crippen molar-refractivity contribution < 1.29 is 18.0 Å². The normalized spacial score (nSPS) is 19.1. The zero-order valence-electron chi connectivity index (χ0n) is 11.0. The van der Waals surface area contributed by atoms with Crippen LogP contribution in [0.4, 0.5) is 13.2 Å². The SMILES string of the molecule is Cl.N[C@@H]1CCCN(C(=O)c2ccc(Br)cc2C(F)(F)F)C1. The maximum absolute atomic E-state index is 13.0. The van der Waals surface area contributed by atoms with Gasteiger partial charge in [0.2, 0.25) is 0 Å². The zero-order chi connectivity index (χ0) is 14.9. The van der Waals surface area contributed by atoms with E-state index in [1.54, 1.807) is 0 Å². The zero-order valence-corrected chi connectivity index (χ0v) is 13.4. The molecule has 21 heavy (non-hydrogen) atoms. The van der Waals surface area contributed by atoms with Gasteiger partial charge in [0.15, 0.2) is 0 Å². The molecule has 1 aliphatic rings. The van der Waals surface area contributed by atoms with Gasteiger partial charge in [-0.3, -0.25) is 4.79 Å². The lowest BCUT2D eigenvalue weighted by Gasteiger charge is -2.31. The molecule has 2 N–H and O–H groups in total. The van der Waals surface area contributed by atoms with Gasteiger partial charge >= 0.3 is 6.18 Å². The predicted molar refractivity (Wildman–Crippen MR) is 79.5 cm³/mol. The molecule has 0 radical (unpaired) electrons. The first-order valence-corrected chi connectivity index (χ1v) is 7.00. The Morgan fingerprint density at radius 2 is 2.05 bits per heavy atom. The number of piperidine rings is 1. The van der Waals surface area contributed by atoms with E-state index in [-0.39, 0.29) is 28.5 Å². The maximum atomic E-state index is 13.0. The third-order valence-electron chi connectivity index (χ3n) is 3.26. The Kier molecular flexibility index (Phi) is 6.07. The molecule has 1 heterocycles. The minimum absolute atomic E-state index is 0. The van der Waals surface area contributed by atoms with E-state index in [1.165, 1.54) is 17.0 Å². The number of likely N-dealkylation sites (tertiary alicyclic amines) is 1. The standard InChI is InChI=1S/C13H14BrF3N2O.ClH/c14-8-3-4-10(11(6-8)13(15,16)17)12(20)19-5-1-2-9(18)7-19;/h3-4,6,9H,1-2,5,7,18H2;1H/t9-;/m1./s1. The molecule has 0 aliphatic carbocycles. The molecule has 1 fully saturated rings. The topological polar surface area (TPSA) is 46.3 Å². The number of hydrogen-bond donors (Lipinski definition) is 1. The fourth-order valence-corrected chi connectivity index (χ4v) is 2.66. The largest absolute Gasteiger partial charge is 0.417 e. The summed E-state index contributed by atoms with van der Waals surface area (Å²) in [5.41, 5.74) is 4.52. The lowest BCUT2D eigenvalue weighted by Crippen LogP contribution is -2.46. The molecule has 0 unspecified atom stereocenters. The molecular formula is C13H15BrClF3N2O. The van der Waals surface area contributed by atoms with E-state index in [2.05, 4.69) is 15.9 Å². The van der Waals surface area contributed by atoms with Crippen LogP contribution in [-0.2, 0) is 6.18 Å². The van der Waals surface area contributed by atoms with Crippen molar-refractivity contribution in [2.75, 3.05) is 13.1 Å². The van der Waals surface area contributed by atoms with Gasteiger partial charge in [-0.05, 0) is 31.0 Å². The van der Waals surface area contributed by atoms with Crippen LogP contribution in [-0.4, -0.2) is 29.9 Å². The first-order chi connectivity index (χ1) is 9.29. The molecular weight excluding hydrogens is 373 g/mol. The highest BCUT2D eigenvalue weighted by Gasteiger charge is 2.37. The van der Waals surface area contributed by atoms with Crippen molar-refractivity contribution >= 4 is 34.2 Å². The average molecular weight is 388 g/mol. The monoisotopic (exact) mass is 386 g/mol. The molecule has 118 valence electrons. The second kappa shape index (κ2) is 6.98. The number of carbonyl (C=O) groups is 1. The second-order valence-corrected chi connectivity index (χ2v) is 5.76. The van der Waals surface area contributed by atoms with Crippen LogP contribution in [0.3, 0.4) is 0 Å². The summed E-state index contributed by atoms with van der Waals surface area (Å²) in [5.74, 6) is -0.611. The highest BCUT2D eigenvalue weighted by atomic mass is 79.9. The minimum atomic E-state index is -4.56. The van der Waals surface area contributed by atoms with Crippen LogP contribution in [0.15, 0.2) is 22.7 Å². The Morgan fingerprint density at radius 1 is 1.38 bits per heavy atom.